The quantitative estimate of drug-likeness (QED) is 0.648. The van der Waals surface area contributed by atoms with Crippen molar-refractivity contribution in [3.05, 3.63) is 0 Å². The molecule has 0 saturated heterocycles. The molecule has 0 aliphatic heterocycles. The van der Waals surface area contributed by atoms with E-state index in [1.807, 2.05) is 13.8 Å². The molecule has 1 rings (SSSR count). The van der Waals surface area contributed by atoms with Crippen molar-refractivity contribution < 1.29 is 4.79 Å². The first-order chi connectivity index (χ1) is 5.40. The first-order valence-electron chi connectivity index (χ1n) is 4.47. The van der Waals surface area contributed by atoms with E-state index in [-0.39, 0.29) is 17.4 Å². The highest BCUT2D eigenvalue weighted by atomic mass is 16.2. The van der Waals surface area contributed by atoms with Crippen LogP contribution < -0.4 is 11.1 Å². The van der Waals surface area contributed by atoms with Gasteiger partial charge in [-0.15, -0.1) is 0 Å². The molecule has 2 unspecified atom stereocenters. The Hall–Kier alpha value is -0.570. The number of nitrogens with two attached hydrogens (primary N) is 1. The van der Waals surface area contributed by atoms with Gasteiger partial charge in [-0.2, -0.15) is 0 Å². The topological polar surface area (TPSA) is 55.1 Å². The maximum Gasteiger partial charge on any atom is 0.223 e. The van der Waals surface area contributed by atoms with Crippen molar-refractivity contribution in [2.45, 2.75) is 32.7 Å². The third-order valence-electron chi connectivity index (χ3n) is 2.16. The van der Waals surface area contributed by atoms with Crippen LogP contribution in [0.4, 0.5) is 0 Å². The summed E-state index contributed by atoms with van der Waals surface area (Å²) in [7, 11) is 0. The van der Waals surface area contributed by atoms with Gasteiger partial charge in [0.25, 0.3) is 0 Å². The zero-order valence-corrected chi connectivity index (χ0v) is 8.05. The maximum absolute atomic E-state index is 11.3. The molecule has 0 aromatic heterocycles. The van der Waals surface area contributed by atoms with Crippen molar-refractivity contribution in [1.29, 1.82) is 0 Å². The van der Waals surface area contributed by atoms with E-state index in [2.05, 4.69) is 12.2 Å². The summed E-state index contributed by atoms with van der Waals surface area (Å²) in [4.78, 5) is 11.3. The zero-order valence-electron chi connectivity index (χ0n) is 8.05. The van der Waals surface area contributed by atoms with Crippen molar-refractivity contribution in [2.75, 3.05) is 6.54 Å². The van der Waals surface area contributed by atoms with Gasteiger partial charge < -0.3 is 11.1 Å². The second kappa shape index (κ2) is 3.05. The number of nitrogens with one attached hydrogen (secondary N) is 1. The lowest BCUT2D eigenvalue weighted by atomic mass is 10.1. The van der Waals surface area contributed by atoms with Crippen LogP contribution in [0.5, 0.6) is 0 Å². The molecule has 0 spiro atoms. The fraction of sp³-hybridized carbons (Fsp3) is 0.889. The Morgan fingerprint density at radius 2 is 2.17 bits per heavy atom. The molecular weight excluding hydrogens is 152 g/mol. The van der Waals surface area contributed by atoms with E-state index in [4.69, 9.17) is 5.73 Å². The average Bonchev–Trinajstić information content (AvgIpc) is 2.60. The molecule has 3 heteroatoms. The first-order valence-corrected chi connectivity index (χ1v) is 4.47. The lowest BCUT2D eigenvalue weighted by molar-refractivity contribution is -0.122. The Labute approximate surface area is 73.7 Å². The summed E-state index contributed by atoms with van der Waals surface area (Å²) in [6, 6.07) is 0. The Morgan fingerprint density at radius 3 is 2.50 bits per heavy atom. The predicted molar refractivity (Wildman–Crippen MR) is 48.5 cm³/mol. The highest BCUT2D eigenvalue weighted by molar-refractivity contribution is 5.81. The van der Waals surface area contributed by atoms with E-state index in [9.17, 15) is 4.79 Å². The Bertz CT molecular complexity index is 183. The summed E-state index contributed by atoms with van der Waals surface area (Å²) in [5.41, 5.74) is 5.43. The zero-order chi connectivity index (χ0) is 9.35. The summed E-state index contributed by atoms with van der Waals surface area (Å²) in [6.45, 7) is 6.47. The third kappa shape index (κ3) is 2.81. The van der Waals surface area contributed by atoms with Crippen molar-refractivity contribution >= 4 is 5.91 Å². The van der Waals surface area contributed by atoms with Crippen LogP contribution in [0.1, 0.15) is 27.2 Å². The van der Waals surface area contributed by atoms with Crippen LogP contribution in [0.25, 0.3) is 0 Å². The first kappa shape index (κ1) is 9.52. The van der Waals surface area contributed by atoms with Crippen LogP contribution in [0, 0.1) is 11.8 Å². The summed E-state index contributed by atoms with van der Waals surface area (Å²) < 4.78 is 0. The highest BCUT2D eigenvalue weighted by Gasteiger charge is 2.39. The van der Waals surface area contributed by atoms with Crippen LogP contribution in [0.2, 0.25) is 0 Å². The minimum atomic E-state index is -0.298. The number of carbonyl (C=O) groups is 1. The van der Waals surface area contributed by atoms with Gasteiger partial charge in [0.15, 0.2) is 0 Å². The lowest BCUT2D eigenvalue weighted by Gasteiger charge is -2.18. The molecule has 3 nitrogen and oxygen atoms in total. The van der Waals surface area contributed by atoms with Crippen LogP contribution in [-0.4, -0.2) is 18.0 Å². The molecule has 70 valence electrons. The molecule has 1 amide bonds. The Morgan fingerprint density at radius 1 is 1.67 bits per heavy atom. The average molecular weight is 170 g/mol. The molecule has 2 atom stereocenters. The summed E-state index contributed by atoms with van der Waals surface area (Å²) in [5.74, 6) is 0.999. The number of amides is 1. The van der Waals surface area contributed by atoms with Gasteiger partial charge in [0.2, 0.25) is 5.91 Å². The summed E-state index contributed by atoms with van der Waals surface area (Å²) in [5, 5.41) is 2.85. The number of hydrogen-bond acceptors (Lipinski definition) is 2. The van der Waals surface area contributed by atoms with Gasteiger partial charge in [-0.3, -0.25) is 4.79 Å². The molecule has 0 aromatic rings. The normalized spacial score (nSPS) is 28.3. The van der Waals surface area contributed by atoms with Gasteiger partial charge in [-0.1, -0.05) is 6.92 Å². The largest absolute Gasteiger partial charge is 0.354 e. The van der Waals surface area contributed by atoms with E-state index in [0.29, 0.717) is 12.5 Å². The van der Waals surface area contributed by atoms with E-state index in [0.717, 1.165) is 6.42 Å². The number of hydrogen-bond donors (Lipinski definition) is 2. The molecule has 1 fully saturated rings. The van der Waals surface area contributed by atoms with Gasteiger partial charge >= 0.3 is 0 Å². The highest BCUT2D eigenvalue weighted by Crippen LogP contribution is 2.37. The molecule has 0 aromatic carbocycles. The number of rotatable bonds is 3. The molecule has 0 bridgehead atoms. The summed E-state index contributed by atoms with van der Waals surface area (Å²) in [6.07, 6.45) is 1.04. The van der Waals surface area contributed by atoms with Crippen LogP contribution in [-0.2, 0) is 4.79 Å². The van der Waals surface area contributed by atoms with Crippen molar-refractivity contribution in [1.82, 2.24) is 5.32 Å². The standard InChI is InChI=1S/C9H18N2O/c1-6-4-7(6)8(12)11-5-9(2,3)10/h6-7H,4-5,10H2,1-3H3,(H,11,12). The van der Waals surface area contributed by atoms with Gasteiger partial charge in [-0.25, -0.2) is 0 Å². The SMILES string of the molecule is CC1CC1C(=O)NCC(C)(C)N. The summed E-state index contributed by atoms with van der Waals surface area (Å²) >= 11 is 0. The fourth-order valence-electron chi connectivity index (χ4n) is 1.13. The Kier molecular flexibility index (Phi) is 2.42. The van der Waals surface area contributed by atoms with E-state index in [1.165, 1.54) is 0 Å². The molecule has 0 radical (unpaired) electrons. The molecule has 1 saturated carbocycles. The smallest absolute Gasteiger partial charge is 0.223 e. The minimum absolute atomic E-state index is 0.168. The molecule has 0 heterocycles. The lowest BCUT2D eigenvalue weighted by Crippen LogP contribution is -2.45. The van der Waals surface area contributed by atoms with E-state index < -0.39 is 0 Å². The minimum Gasteiger partial charge on any atom is -0.354 e. The molecule has 3 N–H and O–H groups in total. The van der Waals surface area contributed by atoms with Gasteiger partial charge in [-0.05, 0) is 26.2 Å². The van der Waals surface area contributed by atoms with Crippen molar-refractivity contribution in [2.24, 2.45) is 17.6 Å². The molecule has 12 heavy (non-hydrogen) atoms. The monoisotopic (exact) mass is 170 g/mol. The van der Waals surface area contributed by atoms with E-state index in [1.54, 1.807) is 0 Å². The van der Waals surface area contributed by atoms with Gasteiger partial charge in [0.05, 0.1) is 0 Å². The maximum atomic E-state index is 11.3. The van der Waals surface area contributed by atoms with Crippen LogP contribution in [0.3, 0.4) is 0 Å². The van der Waals surface area contributed by atoms with Crippen LogP contribution >= 0.6 is 0 Å². The molecule has 1 aliphatic carbocycles. The predicted octanol–water partition coefficient (Wildman–Crippen LogP) is 0.496. The van der Waals surface area contributed by atoms with Gasteiger partial charge in [0, 0.05) is 18.0 Å². The van der Waals surface area contributed by atoms with Gasteiger partial charge in [0.1, 0.15) is 0 Å². The number of carbonyl (C=O) groups excluding carboxylic acids is 1. The van der Waals surface area contributed by atoms with Crippen molar-refractivity contribution in [3.8, 4) is 0 Å². The third-order valence-corrected chi connectivity index (χ3v) is 2.16. The second-order valence-electron chi connectivity index (χ2n) is 4.53. The molecule has 1 aliphatic rings. The second-order valence-corrected chi connectivity index (χ2v) is 4.53. The Balaban J connectivity index is 2.20. The fourth-order valence-corrected chi connectivity index (χ4v) is 1.13. The van der Waals surface area contributed by atoms with E-state index >= 15 is 0 Å². The van der Waals surface area contributed by atoms with Crippen molar-refractivity contribution in [3.63, 3.8) is 0 Å². The van der Waals surface area contributed by atoms with Crippen LogP contribution in [0.15, 0.2) is 0 Å². The molecular formula is C9H18N2O.